The monoisotopic (exact) mass is 406 g/mol. The molecule has 0 atom stereocenters. The van der Waals surface area contributed by atoms with Gasteiger partial charge in [-0.3, -0.25) is 4.98 Å². The van der Waals surface area contributed by atoms with Gasteiger partial charge >= 0.3 is 6.03 Å². The first-order chi connectivity index (χ1) is 14.3. The highest BCUT2D eigenvalue weighted by Gasteiger charge is 2.34. The van der Waals surface area contributed by atoms with E-state index in [1.807, 2.05) is 41.8 Å². The molecule has 0 saturated heterocycles. The molecule has 0 aliphatic heterocycles. The number of nitrogens with zero attached hydrogens (tertiary/aromatic N) is 5. The zero-order chi connectivity index (χ0) is 19.6. The lowest BCUT2D eigenvalue weighted by Crippen LogP contribution is -2.45. The van der Waals surface area contributed by atoms with Gasteiger partial charge in [-0.25, -0.2) is 9.78 Å². The molecule has 1 fully saturated rings. The Bertz CT molecular complexity index is 1140. The lowest BCUT2D eigenvalue weighted by atomic mass is 9.81. The van der Waals surface area contributed by atoms with E-state index in [1.165, 1.54) is 4.68 Å². The van der Waals surface area contributed by atoms with Gasteiger partial charge in [0.15, 0.2) is 0 Å². The number of amides is 1. The van der Waals surface area contributed by atoms with Gasteiger partial charge < -0.3 is 10.1 Å². The summed E-state index contributed by atoms with van der Waals surface area (Å²) in [7, 11) is 0. The van der Waals surface area contributed by atoms with E-state index < -0.39 is 0 Å². The van der Waals surface area contributed by atoms with E-state index in [-0.39, 0.29) is 12.1 Å². The fourth-order valence-corrected chi connectivity index (χ4v) is 4.29. The van der Waals surface area contributed by atoms with Crippen LogP contribution >= 0.6 is 11.3 Å². The summed E-state index contributed by atoms with van der Waals surface area (Å²) in [4.78, 5) is 21.2. The van der Waals surface area contributed by atoms with Crippen molar-refractivity contribution in [1.29, 1.82) is 0 Å². The van der Waals surface area contributed by atoms with Crippen LogP contribution in [-0.4, -0.2) is 37.0 Å². The first-order valence-corrected chi connectivity index (χ1v) is 10.2. The molecule has 5 rings (SSSR count). The van der Waals surface area contributed by atoms with Crippen LogP contribution in [0.25, 0.3) is 11.0 Å². The molecule has 1 N–H and O–H groups in total. The van der Waals surface area contributed by atoms with Crippen LogP contribution in [0.4, 0.5) is 4.79 Å². The van der Waals surface area contributed by atoms with Crippen molar-refractivity contribution in [1.82, 2.24) is 30.3 Å². The third-order valence-electron chi connectivity index (χ3n) is 4.97. The first kappa shape index (κ1) is 17.7. The normalized spacial score (nSPS) is 18.3. The van der Waals surface area contributed by atoms with Crippen LogP contribution in [-0.2, 0) is 6.61 Å². The number of nitrogens with one attached hydrogen (secondary N) is 1. The van der Waals surface area contributed by atoms with Crippen LogP contribution in [0, 0.1) is 0 Å². The minimum atomic E-state index is -0.243. The Balaban J connectivity index is 1.14. The van der Waals surface area contributed by atoms with Crippen LogP contribution in [0.5, 0.6) is 5.75 Å². The highest BCUT2D eigenvalue weighted by Crippen LogP contribution is 2.38. The highest BCUT2D eigenvalue weighted by atomic mass is 32.1. The lowest BCUT2D eigenvalue weighted by molar-refractivity contribution is 0.221. The standard InChI is InChI=1S/C20H18N6O2S/c27-20(26-18-4-2-1-3-17(18)24-25-26)23-14-9-13(10-14)19-22-15(12-29-19)11-28-16-5-7-21-8-6-16/h1-8,12-14H,9-11H2,(H,23,27). The van der Waals surface area contributed by atoms with Crippen LogP contribution in [0.2, 0.25) is 0 Å². The SMILES string of the molecule is O=C(NC1CC(c2nc(COc3ccncc3)cs2)C1)n1nnc2ccccc21. The molecular formula is C20H18N6O2S. The van der Waals surface area contributed by atoms with Crippen molar-refractivity contribution < 1.29 is 9.53 Å². The van der Waals surface area contributed by atoms with E-state index in [0.29, 0.717) is 23.6 Å². The summed E-state index contributed by atoms with van der Waals surface area (Å²) in [5, 5.41) is 14.1. The molecule has 3 aromatic heterocycles. The molecule has 4 aromatic rings. The number of hydrogen-bond donors (Lipinski definition) is 1. The molecular weight excluding hydrogens is 388 g/mol. The van der Waals surface area contributed by atoms with Crippen LogP contribution in [0.1, 0.15) is 29.5 Å². The van der Waals surface area contributed by atoms with E-state index in [4.69, 9.17) is 4.74 Å². The van der Waals surface area contributed by atoms with Gasteiger partial charge in [0, 0.05) is 29.7 Å². The predicted molar refractivity (Wildman–Crippen MR) is 108 cm³/mol. The van der Waals surface area contributed by atoms with Crippen molar-refractivity contribution in [3.63, 3.8) is 0 Å². The number of hydrogen-bond acceptors (Lipinski definition) is 7. The average Bonchev–Trinajstić information content (AvgIpc) is 3.36. The second kappa shape index (κ2) is 7.59. The maximum atomic E-state index is 12.5. The molecule has 1 amide bonds. The maximum Gasteiger partial charge on any atom is 0.344 e. The number of rotatable bonds is 5. The minimum absolute atomic E-state index is 0.121. The molecule has 146 valence electrons. The molecule has 1 saturated carbocycles. The summed E-state index contributed by atoms with van der Waals surface area (Å²) in [6.07, 6.45) is 5.15. The third kappa shape index (κ3) is 3.68. The fraction of sp³-hybridized carbons (Fsp3) is 0.250. The molecule has 9 heteroatoms. The highest BCUT2D eigenvalue weighted by molar-refractivity contribution is 7.09. The Morgan fingerprint density at radius 3 is 2.90 bits per heavy atom. The summed E-state index contributed by atoms with van der Waals surface area (Å²) in [5.74, 6) is 1.15. The summed E-state index contributed by atoms with van der Waals surface area (Å²) in [6, 6.07) is 10.9. The fourth-order valence-electron chi connectivity index (χ4n) is 3.36. The first-order valence-electron chi connectivity index (χ1n) is 9.35. The van der Waals surface area contributed by atoms with Crippen molar-refractivity contribution in [2.24, 2.45) is 0 Å². The number of para-hydroxylation sites is 1. The predicted octanol–water partition coefficient (Wildman–Crippen LogP) is 3.37. The maximum absolute atomic E-state index is 12.5. The largest absolute Gasteiger partial charge is 0.487 e. The minimum Gasteiger partial charge on any atom is -0.487 e. The third-order valence-corrected chi connectivity index (χ3v) is 6.02. The average molecular weight is 406 g/mol. The Hall–Kier alpha value is -3.33. The summed E-state index contributed by atoms with van der Waals surface area (Å²) < 4.78 is 7.04. The topological polar surface area (TPSA) is 94.8 Å². The number of carbonyl (C=O) groups excluding carboxylic acids is 1. The Kier molecular flexibility index (Phi) is 4.65. The summed E-state index contributed by atoms with van der Waals surface area (Å²) >= 11 is 1.65. The van der Waals surface area contributed by atoms with Crippen LogP contribution in [0.3, 0.4) is 0 Å². The Labute approximate surface area is 170 Å². The zero-order valence-corrected chi connectivity index (χ0v) is 16.2. The Morgan fingerprint density at radius 2 is 2.03 bits per heavy atom. The van der Waals surface area contributed by atoms with Crippen LogP contribution in [0.15, 0.2) is 54.2 Å². The van der Waals surface area contributed by atoms with Gasteiger partial charge in [-0.2, -0.15) is 4.68 Å². The molecule has 3 heterocycles. The van der Waals surface area contributed by atoms with E-state index in [0.717, 1.165) is 29.3 Å². The number of fused-ring (bicyclic) bond motifs is 1. The molecule has 0 bridgehead atoms. The second-order valence-electron chi connectivity index (χ2n) is 6.95. The molecule has 1 aliphatic carbocycles. The van der Waals surface area contributed by atoms with Gasteiger partial charge in [0.1, 0.15) is 17.9 Å². The van der Waals surface area contributed by atoms with Crippen LogP contribution < -0.4 is 10.1 Å². The van der Waals surface area contributed by atoms with Gasteiger partial charge in [0.25, 0.3) is 0 Å². The van der Waals surface area contributed by atoms with Gasteiger partial charge in [-0.15, -0.1) is 16.4 Å². The van der Waals surface area contributed by atoms with E-state index >= 15 is 0 Å². The molecule has 1 aromatic carbocycles. The van der Waals surface area contributed by atoms with Gasteiger partial charge in [0.05, 0.1) is 16.2 Å². The summed E-state index contributed by atoms with van der Waals surface area (Å²) in [6.45, 7) is 0.437. The van der Waals surface area contributed by atoms with Crippen molar-refractivity contribution in [2.45, 2.75) is 31.4 Å². The van der Waals surface area contributed by atoms with Gasteiger partial charge in [0.2, 0.25) is 0 Å². The number of thiazole rings is 1. The molecule has 0 radical (unpaired) electrons. The second-order valence-corrected chi connectivity index (χ2v) is 7.84. The zero-order valence-electron chi connectivity index (χ0n) is 15.4. The number of pyridine rings is 1. The van der Waals surface area contributed by atoms with E-state index in [9.17, 15) is 4.79 Å². The number of benzene rings is 1. The number of carbonyl (C=O) groups is 1. The van der Waals surface area contributed by atoms with Crippen molar-refractivity contribution in [3.8, 4) is 5.75 Å². The molecule has 29 heavy (non-hydrogen) atoms. The lowest BCUT2D eigenvalue weighted by Gasteiger charge is -2.34. The molecule has 8 nitrogen and oxygen atoms in total. The van der Waals surface area contributed by atoms with Gasteiger partial charge in [-0.1, -0.05) is 17.3 Å². The van der Waals surface area contributed by atoms with Crippen molar-refractivity contribution in [2.75, 3.05) is 0 Å². The number of ether oxygens (including phenoxy) is 1. The van der Waals surface area contributed by atoms with E-state index in [1.54, 1.807) is 23.7 Å². The van der Waals surface area contributed by atoms with Crippen molar-refractivity contribution in [3.05, 3.63) is 64.9 Å². The number of aromatic nitrogens is 5. The molecule has 1 aliphatic rings. The molecule has 0 unspecified atom stereocenters. The van der Waals surface area contributed by atoms with Gasteiger partial charge in [-0.05, 0) is 37.1 Å². The Morgan fingerprint density at radius 1 is 1.21 bits per heavy atom. The smallest absolute Gasteiger partial charge is 0.344 e. The quantitative estimate of drug-likeness (QED) is 0.546. The van der Waals surface area contributed by atoms with Crippen molar-refractivity contribution >= 4 is 28.4 Å². The molecule has 0 spiro atoms. The summed E-state index contributed by atoms with van der Waals surface area (Å²) in [5.41, 5.74) is 2.33. The van der Waals surface area contributed by atoms with E-state index in [2.05, 4.69) is 25.6 Å².